The third-order valence-electron chi connectivity index (χ3n) is 6.72. The van der Waals surface area contributed by atoms with Gasteiger partial charge in [-0.05, 0) is 55.2 Å². The average molecular weight is 549 g/mol. The molecule has 2 aromatic heterocycles. The number of hydrogen-bond donors (Lipinski definition) is 4. The SMILES string of the molecule is CC1(C)C(N)=N[C@](C)(c2nc(NC(=O)c3ccc(OC(F)F)cn3)ccc2F)[C@H]2CC(F)(F)CN[SH]21=O. The summed E-state index contributed by atoms with van der Waals surface area (Å²) in [5.41, 5.74) is 3.66. The summed E-state index contributed by atoms with van der Waals surface area (Å²) >= 11 is 0. The van der Waals surface area contributed by atoms with E-state index in [1.54, 1.807) is 0 Å². The number of ether oxygens (including phenoxy) is 1. The van der Waals surface area contributed by atoms with Crippen molar-refractivity contribution in [3.8, 4) is 5.75 Å². The van der Waals surface area contributed by atoms with Gasteiger partial charge in [-0.15, -0.1) is 0 Å². The van der Waals surface area contributed by atoms with Gasteiger partial charge in [-0.25, -0.2) is 23.1 Å². The Morgan fingerprint density at radius 2 is 1.95 bits per heavy atom. The monoisotopic (exact) mass is 548 g/mol. The molecule has 2 aromatic rings. The molecular formula is C22H25F5N6O3S. The number of nitrogens with one attached hydrogen (secondary N) is 2. The van der Waals surface area contributed by atoms with Gasteiger partial charge in [0.25, 0.3) is 11.8 Å². The number of halogens is 5. The molecule has 1 amide bonds. The predicted octanol–water partition coefficient (Wildman–Crippen LogP) is 2.76. The Hall–Kier alpha value is -3.20. The summed E-state index contributed by atoms with van der Waals surface area (Å²) < 4.78 is 88.3. The summed E-state index contributed by atoms with van der Waals surface area (Å²) in [6.07, 6.45) is 0.0728. The number of carbonyl (C=O) groups excluding carboxylic acids is 1. The average Bonchev–Trinajstić information content (AvgIpc) is 2.81. The minimum absolute atomic E-state index is 0.113. The van der Waals surface area contributed by atoms with Gasteiger partial charge in [0.1, 0.15) is 40.1 Å². The fourth-order valence-electron chi connectivity index (χ4n) is 4.54. The quantitative estimate of drug-likeness (QED) is 0.336. The van der Waals surface area contributed by atoms with Crippen molar-refractivity contribution in [2.45, 2.75) is 55.3 Å². The van der Waals surface area contributed by atoms with Crippen molar-refractivity contribution < 1.29 is 35.7 Å². The Labute approximate surface area is 209 Å². The summed E-state index contributed by atoms with van der Waals surface area (Å²) in [7, 11) is -3.72. The molecule has 1 saturated heterocycles. The second-order valence-corrected chi connectivity index (χ2v) is 12.9. The largest absolute Gasteiger partial charge is 0.433 e. The van der Waals surface area contributed by atoms with Gasteiger partial charge in [-0.1, -0.05) is 0 Å². The minimum Gasteiger partial charge on any atom is -0.433 e. The molecule has 0 unspecified atom stereocenters. The molecule has 0 spiro atoms. The molecule has 0 aromatic carbocycles. The highest BCUT2D eigenvalue weighted by molar-refractivity contribution is 8.04. The standard InChI is InChI=1S/C22H25F5N6O3S/c1-20(2)18(28)33-21(3,14-8-22(26,27)10-30-37(14,20)35)16-12(23)5-7-15(31-16)32-17(34)13-6-4-11(9-29-13)36-19(24)25/h4-7,9,14,19,37H,8,10H2,1-3H3,(H2,28,33)(H,30,35)(H,31,32,34)/t14-,21+/m1/s1. The topological polar surface area (TPSA) is 132 Å². The lowest BCUT2D eigenvalue weighted by atomic mass is 9.88. The van der Waals surface area contributed by atoms with Gasteiger partial charge in [-0.3, -0.25) is 18.7 Å². The van der Waals surface area contributed by atoms with Crippen molar-refractivity contribution in [3.63, 3.8) is 0 Å². The number of hydrogen-bond acceptors (Lipinski definition) is 7. The Morgan fingerprint density at radius 3 is 2.57 bits per heavy atom. The highest BCUT2D eigenvalue weighted by Gasteiger charge is 2.62. The molecule has 4 N–H and O–H groups in total. The van der Waals surface area contributed by atoms with Gasteiger partial charge < -0.3 is 15.8 Å². The minimum atomic E-state index is -3.72. The van der Waals surface area contributed by atoms with Crippen LogP contribution in [-0.2, 0) is 15.7 Å². The summed E-state index contributed by atoms with van der Waals surface area (Å²) in [6, 6.07) is 4.31. The zero-order valence-electron chi connectivity index (χ0n) is 19.9. The summed E-state index contributed by atoms with van der Waals surface area (Å²) in [5.74, 6) is -5.54. The van der Waals surface area contributed by atoms with Gasteiger partial charge in [0.05, 0.1) is 22.7 Å². The molecule has 0 radical (unpaired) electrons. The Bertz CT molecular complexity index is 1310. The van der Waals surface area contributed by atoms with E-state index in [1.165, 1.54) is 20.8 Å². The highest BCUT2D eigenvalue weighted by atomic mass is 32.3. The van der Waals surface area contributed by atoms with E-state index in [0.29, 0.717) is 0 Å². The van der Waals surface area contributed by atoms with Crippen LogP contribution in [0.5, 0.6) is 5.75 Å². The molecule has 2 aliphatic heterocycles. The molecule has 37 heavy (non-hydrogen) atoms. The first-order valence-corrected chi connectivity index (χ1v) is 12.8. The predicted molar refractivity (Wildman–Crippen MR) is 127 cm³/mol. The molecule has 1 fully saturated rings. The van der Waals surface area contributed by atoms with Crippen molar-refractivity contribution in [3.05, 3.63) is 47.7 Å². The van der Waals surface area contributed by atoms with E-state index in [4.69, 9.17) is 5.73 Å². The third kappa shape index (κ3) is 4.65. The van der Waals surface area contributed by atoms with Crippen LogP contribution in [0.2, 0.25) is 0 Å². The van der Waals surface area contributed by atoms with Gasteiger partial charge in [0.2, 0.25) is 0 Å². The normalized spacial score (nSPS) is 26.5. The van der Waals surface area contributed by atoms with Crippen LogP contribution in [0.1, 0.15) is 43.4 Å². The summed E-state index contributed by atoms with van der Waals surface area (Å²) in [6.45, 7) is 0.492. The fraction of sp³-hybridized carbons (Fsp3) is 0.455. The lowest BCUT2D eigenvalue weighted by molar-refractivity contribution is -0.0500. The lowest BCUT2D eigenvalue weighted by Gasteiger charge is -2.56. The van der Waals surface area contributed by atoms with Crippen LogP contribution >= 0.6 is 0 Å². The van der Waals surface area contributed by atoms with E-state index in [2.05, 4.69) is 29.7 Å². The zero-order chi connectivity index (χ0) is 27.4. The maximum Gasteiger partial charge on any atom is 0.387 e. The summed E-state index contributed by atoms with van der Waals surface area (Å²) in [5, 5.41) is 1.03. The third-order valence-corrected chi connectivity index (χ3v) is 10.8. The van der Waals surface area contributed by atoms with Gasteiger partial charge in [0, 0.05) is 6.42 Å². The number of alkyl halides is 4. The second-order valence-electron chi connectivity index (χ2n) is 9.51. The van der Waals surface area contributed by atoms with E-state index in [1.807, 2.05) is 0 Å². The molecule has 9 nitrogen and oxygen atoms in total. The molecule has 2 atom stereocenters. The second kappa shape index (κ2) is 8.97. The van der Waals surface area contributed by atoms with Gasteiger partial charge in [0.15, 0.2) is 0 Å². The van der Waals surface area contributed by atoms with Crippen LogP contribution in [0.15, 0.2) is 35.5 Å². The molecule has 2 aliphatic rings. The number of amidine groups is 1. The molecule has 0 bridgehead atoms. The van der Waals surface area contributed by atoms with Crippen molar-refractivity contribution in [2.24, 2.45) is 10.7 Å². The molecule has 15 heteroatoms. The number of anilines is 1. The van der Waals surface area contributed by atoms with Crippen LogP contribution in [0.25, 0.3) is 0 Å². The van der Waals surface area contributed by atoms with Crippen molar-refractivity contribution in [1.29, 1.82) is 0 Å². The molecule has 0 saturated carbocycles. The molecule has 0 aliphatic carbocycles. The maximum absolute atomic E-state index is 15.1. The van der Waals surface area contributed by atoms with Crippen molar-refractivity contribution >= 4 is 27.7 Å². The maximum atomic E-state index is 15.1. The van der Waals surface area contributed by atoms with Crippen LogP contribution < -0.4 is 20.5 Å². The van der Waals surface area contributed by atoms with E-state index in [-0.39, 0.29) is 23.1 Å². The smallest absolute Gasteiger partial charge is 0.387 e. The van der Waals surface area contributed by atoms with Crippen LogP contribution in [0.3, 0.4) is 0 Å². The van der Waals surface area contributed by atoms with E-state index < -0.39 is 68.6 Å². The first-order valence-electron chi connectivity index (χ1n) is 11.1. The first-order chi connectivity index (χ1) is 17.1. The number of amides is 1. The van der Waals surface area contributed by atoms with Crippen molar-refractivity contribution in [2.75, 3.05) is 11.9 Å². The van der Waals surface area contributed by atoms with Gasteiger partial charge >= 0.3 is 6.61 Å². The highest BCUT2D eigenvalue weighted by Crippen LogP contribution is 2.50. The fourth-order valence-corrected chi connectivity index (χ4v) is 8.21. The summed E-state index contributed by atoms with van der Waals surface area (Å²) in [4.78, 5) is 24.8. The number of fused-ring (bicyclic) bond motifs is 1. The number of aliphatic imine (C=N–C) groups is 1. The van der Waals surface area contributed by atoms with Crippen molar-refractivity contribution in [1.82, 2.24) is 14.7 Å². The molecule has 4 rings (SSSR count). The number of nitrogens with two attached hydrogens (primary N) is 1. The lowest BCUT2D eigenvalue weighted by Crippen LogP contribution is -2.72. The first kappa shape index (κ1) is 26.9. The number of carbonyl (C=O) groups is 1. The Balaban J connectivity index is 1.71. The molecule has 202 valence electrons. The van der Waals surface area contributed by atoms with Crippen LogP contribution in [-0.4, -0.2) is 55.0 Å². The van der Waals surface area contributed by atoms with Gasteiger partial charge in [-0.2, -0.15) is 8.78 Å². The van der Waals surface area contributed by atoms with Crippen LogP contribution in [0.4, 0.5) is 27.8 Å². The Morgan fingerprint density at radius 1 is 1.24 bits per heavy atom. The Kier molecular flexibility index (Phi) is 6.51. The zero-order valence-corrected chi connectivity index (χ0v) is 20.8. The number of pyridine rings is 2. The number of aromatic nitrogens is 2. The number of nitrogens with zero attached hydrogens (tertiary/aromatic N) is 3. The number of thiol groups is 1. The van der Waals surface area contributed by atoms with E-state index in [9.17, 15) is 26.6 Å². The molecular weight excluding hydrogens is 523 g/mol. The van der Waals surface area contributed by atoms with Crippen LogP contribution in [0, 0.1) is 5.82 Å². The van der Waals surface area contributed by atoms with E-state index in [0.717, 1.165) is 30.5 Å². The number of rotatable bonds is 5. The van der Waals surface area contributed by atoms with E-state index >= 15 is 4.39 Å². The molecule has 4 heterocycles.